The van der Waals surface area contributed by atoms with E-state index in [4.69, 9.17) is 20.1 Å². The molecule has 1 fully saturated rings. The normalized spacial score (nSPS) is 17.7. The first kappa shape index (κ1) is 33.4. The second kappa shape index (κ2) is 15.8. The van der Waals surface area contributed by atoms with Crippen molar-refractivity contribution in [1.82, 2.24) is 15.1 Å². The Hall–Kier alpha value is -3.80. The summed E-state index contributed by atoms with van der Waals surface area (Å²) in [6, 6.07) is 2.60. The van der Waals surface area contributed by atoms with Gasteiger partial charge >= 0.3 is 30.0 Å². The molecule has 1 aliphatic heterocycles. The summed E-state index contributed by atoms with van der Waals surface area (Å²) >= 11 is 3.04. The van der Waals surface area contributed by atoms with E-state index in [1.54, 1.807) is 24.3 Å². The van der Waals surface area contributed by atoms with Gasteiger partial charge in [0, 0.05) is 37.8 Å². The Bertz CT molecular complexity index is 1100. The molecule has 17 heteroatoms. The Morgan fingerprint density at radius 1 is 0.976 bits per heavy atom. The van der Waals surface area contributed by atoms with Gasteiger partial charge in [-0.2, -0.15) is 0 Å². The zero-order chi connectivity index (χ0) is 30.7. The van der Waals surface area contributed by atoms with E-state index in [0.29, 0.717) is 11.3 Å². The number of hydrogen-bond donors (Lipinski definition) is 7. The highest BCUT2D eigenvalue weighted by atomic mass is 79.9. The molecule has 0 saturated carbocycles. The average Bonchev–Trinajstić information content (AvgIpc) is 3.23. The number of carbonyl (C=O) groups excluding carboxylic acids is 1. The average molecular weight is 647 g/mol. The maximum absolute atomic E-state index is 12.4. The first-order valence-electron chi connectivity index (χ1n) is 12.3. The van der Waals surface area contributed by atoms with Crippen LogP contribution in [-0.2, 0) is 35.1 Å². The van der Waals surface area contributed by atoms with Crippen molar-refractivity contribution in [2.24, 2.45) is 0 Å². The predicted octanol–water partition coefficient (Wildman–Crippen LogP) is 0.0148. The molecule has 1 aromatic rings. The van der Waals surface area contributed by atoms with E-state index in [0.717, 1.165) is 0 Å². The first-order chi connectivity index (χ1) is 19.3. The van der Waals surface area contributed by atoms with Crippen molar-refractivity contribution in [3.8, 4) is 0 Å². The molecule has 41 heavy (non-hydrogen) atoms. The molecule has 0 aliphatic carbocycles. The number of halogens is 1. The Morgan fingerprint density at radius 2 is 1.61 bits per heavy atom. The van der Waals surface area contributed by atoms with Crippen LogP contribution in [0.15, 0.2) is 24.3 Å². The first-order valence-corrected chi connectivity index (χ1v) is 13.4. The number of aliphatic carboxylic acids is 4. The molecule has 3 atom stereocenters. The van der Waals surface area contributed by atoms with Gasteiger partial charge in [-0.1, -0.05) is 28.1 Å². The molecular weight excluding hydrogens is 616 g/mol. The van der Waals surface area contributed by atoms with Gasteiger partial charge in [-0.15, -0.1) is 0 Å². The molecule has 16 nitrogen and oxygen atoms in total. The largest absolute Gasteiger partial charge is 0.507 e. The quantitative estimate of drug-likeness (QED) is 0.0669. The van der Waals surface area contributed by atoms with Crippen molar-refractivity contribution in [1.29, 1.82) is 0 Å². The Kier molecular flexibility index (Phi) is 12.9. The Balaban J connectivity index is 2.31. The van der Waals surface area contributed by atoms with Crippen LogP contribution in [0.4, 0.5) is 10.5 Å². The number of nitrogens with zero attached hydrogens (tertiary/aromatic N) is 2. The molecule has 0 aromatic heterocycles. The lowest BCUT2D eigenvalue weighted by molar-refractivity contribution is -0.151. The highest BCUT2D eigenvalue weighted by molar-refractivity contribution is 9.09. The van der Waals surface area contributed by atoms with Crippen molar-refractivity contribution in [2.75, 3.05) is 36.8 Å². The van der Waals surface area contributed by atoms with Crippen LogP contribution in [0.25, 0.3) is 0 Å². The van der Waals surface area contributed by atoms with Gasteiger partial charge in [0.25, 0.3) is 0 Å². The third kappa shape index (κ3) is 10.6. The number of ether oxygens (including phenoxy) is 1. The zero-order valence-electron chi connectivity index (χ0n) is 21.6. The molecule has 2 rings (SSSR count). The fourth-order valence-corrected chi connectivity index (χ4v) is 4.66. The van der Waals surface area contributed by atoms with Gasteiger partial charge in [0.15, 0.2) is 6.23 Å². The third-order valence-electron chi connectivity index (χ3n) is 6.34. The fraction of sp³-hybridized carbons (Fsp3) is 0.500. The molecule has 1 saturated heterocycles. The summed E-state index contributed by atoms with van der Waals surface area (Å²) in [5.74, 6) is -6.06. The summed E-state index contributed by atoms with van der Waals surface area (Å²) in [5.41, 5.74) is 1.06. The topological polar surface area (TPSA) is 243 Å². The lowest BCUT2D eigenvalue weighted by atomic mass is 10.0. The molecular formula is C24H31BrN4O12. The van der Waals surface area contributed by atoms with Crippen molar-refractivity contribution in [3.63, 3.8) is 0 Å². The van der Waals surface area contributed by atoms with E-state index in [-0.39, 0.29) is 50.1 Å². The van der Waals surface area contributed by atoms with E-state index in [1.165, 1.54) is 9.80 Å². The van der Waals surface area contributed by atoms with Crippen LogP contribution in [0.1, 0.15) is 18.4 Å². The standard InChI is InChI=1S/C24H31BrN4O12/c25-10-17(30)27-14-3-1-13(2-4-14)9-16(21(33)34)28(8-7-26-20(22(35)36)23(37)38)11-15-5-6-18(41-24(39)40)29(15)12-19(31)32/h1-4,15-16,18,20,26H,5-12H2,(H,27,30)(H,31,32)(H,33,34)(H,35,36)(H,37,38)(H,39,40)/t15-,16+,18+/m0/s1. The zero-order valence-corrected chi connectivity index (χ0v) is 23.2. The molecule has 1 amide bonds. The van der Waals surface area contributed by atoms with E-state index < -0.39 is 60.9 Å². The fourth-order valence-electron chi connectivity index (χ4n) is 4.52. The highest BCUT2D eigenvalue weighted by Crippen LogP contribution is 2.27. The van der Waals surface area contributed by atoms with Crippen molar-refractivity contribution >= 4 is 57.6 Å². The van der Waals surface area contributed by atoms with Crippen LogP contribution in [0.5, 0.6) is 0 Å². The van der Waals surface area contributed by atoms with E-state index in [9.17, 15) is 39.0 Å². The van der Waals surface area contributed by atoms with Crippen molar-refractivity contribution in [3.05, 3.63) is 29.8 Å². The van der Waals surface area contributed by atoms with Gasteiger partial charge in [-0.25, -0.2) is 14.4 Å². The number of hydrogen-bond acceptors (Lipinski definition) is 10. The minimum Gasteiger partial charge on any atom is -0.480 e. The molecule has 1 heterocycles. The van der Waals surface area contributed by atoms with E-state index in [2.05, 4.69) is 26.6 Å². The van der Waals surface area contributed by atoms with Crippen LogP contribution < -0.4 is 10.6 Å². The summed E-state index contributed by atoms with van der Waals surface area (Å²) in [4.78, 5) is 71.9. The Morgan fingerprint density at radius 3 is 2.12 bits per heavy atom. The number of carboxylic acids is 4. The Labute approximate surface area is 242 Å². The number of likely N-dealkylation sites (tertiary alicyclic amines) is 1. The van der Waals surface area contributed by atoms with Crippen molar-refractivity contribution in [2.45, 2.75) is 43.6 Å². The summed E-state index contributed by atoms with van der Waals surface area (Å²) in [6.45, 7) is -1.04. The molecule has 1 aromatic carbocycles. The highest BCUT2D eigenvalue weighted by Gasteiger charge is 2.40. The predicted molar refractivity (Wildman–Crippen MR) is 143 cm³/mol. The van der Waals surface area contributed by atoms with Crippen LogP contribution in [0.3, 0.4) is 0 Å². The summed E-state index contributed by atoms with van der Waals surface area (Å²) in [6.07, 6.45) is -2.28. The van der Waals surface area contributed by atoms with Gasteiger partial charge in [0.2, 0.25) is 11.9 Å². The third-order valence-corrected chi connectivity index (χ3v) is 6.85. The van der Waals surface area contributed by atoms with Gasteiger partial charge in [-0.3, -0.25) is 29.5 Å². The molecule has 1 aliphatic rings. The number of carbonyl (C=O) groups is 6. The van der Waals surface area contributed by atoms with Crippen LogP contribution >= 0.6 is 15.9 Å². The number of alkyl halides is 1. The molecule has 0 spiro atoms. The van der Waals surface area contributed by atoms with Crippen molar-refractivity contribution < 1.29 is 59.0 Å². The lowest BCUT2D eigenvalue weighted by Gasteiger charge is -2.35. The monoisotopic (exact) mass is 646 g/mol. The minimum absolute atomic E-state index is 0.0516. The molecule has 7 N–H and O–H groups in total. The number of rotatable bonds is 17. The van der Waals surface area contributed by atoms with Crippen LogP contribution in [0, 0.1) is 0 Å². The summed E-state index contributed by atoms with van der Waals surface area (Å²) < 4.78 is 4.82. The van der Waals surface area contributed by atoms with Gasteiger partial charge in [0.1, 0.15) is 6.04 Å². The second-order valence-electron chi connectivity index (χ2n) is 9.13. The maximum atomic E-state index is 12.4. The maximum Gasteiger partial charge on any atom is 0.507 e. The second-order valence-corrected chi connectivity index (χ2v) is 9.69. The van der Waals surface area contributed by atoms with Crippen LogP contribution in [0.2, 0.25) is 0 Å². The molecule has 0 radical (unpaired) electrons. The number of benzene rings is 1. The van der Waals surface area contributed by atoms with Gasteiger partial charge in [-0.05, 0) is 30.5 Å². The van der Waals surface area contributed by atoms with E-state index >= 15 is 0 Å². The van der Waals surface area contributed by atoms with Gasteiger partial charge in [0.05, 0.1) is 11.9 Å². The van der Waals surface area contributed by atoms with Crippen LogP contribution in [-0.4, -0.2) is 127 Å². The molecule has 0 bridgehead atoms. The number of carboxylic acid groups (broad SMARTS) is 5. The van der Waals surface area contributed by atoms with E-state index in [1.807, 2.05) is 0 Å². The number of nitrogens with one attached hydrogen (secondary N) is 2. The lowest BCUT2D eigenvalue weighted by Crippen LogP contribution is -2.54. The summed E-state index contributed by atoms with van der Waals surface area (Å²) in [7, 11) is 0. The number of amides is 1. The van der Waals surface area contributed by atoms with Gasteiger partial charge < -0.3 is 35.6 Å². The smallest absolute Gasteiger partial charge is 0.480 e. The summed E-state index contributed by atoms with van der Waals surface area (Å²) in [5, 5.41) is 51.9. The minimum atomic E-state index is -1.94. The molecule has 0 unspecified atom stereocenters. The molecule has 226 valence electrons. The SMILES string of the molecule is O=C(O)CN1[C@H](CN(CCNC(C(=O)O)C(=O)O)[C@H](Cc2ccc(NC(=O)CBr)cc2)C(=O)O)CC[C@H]1OC(=O)O. The number of anilines is 1.